The van der Waals surface area contributed by atoms with Gasteiger partial charge >= 0.3 is 0 Å². The second kappa shape index (κ2) is 4.19. The molecule has 0 saturated heterocycles. The van der Waals surface area contributed by atoms with Gasteiger partial charge in [0.25, 0.3) is 0 Å². The lowest BCUT2D eigenvalue weighted by atomic mass is 9.94. The van der Waals surface area contributed by atoms with Crippen LogP contribution < -0.4 is 5.32 Å². The third kappa shape index (κ3) is 1.95. The zero-order chi connectivity index (χ0) is 11.1. The maximum absolute atomic E-state index is 5.59. The molecule has 88 valence electrons. The Labute approximate surface area is 105 Å². The summed E-state index contributed by atoms with van der Waals surface area (Å²) in [7, 11) is 0. The zero-order valence-electron chi connectivity index (χ0n) is 9.58. The molecular formula is C13H18BrNO. The molecule has 0 amide bonds. The molecule has 1 heterocycles. The van der Waals surface area contributed by atoms with E-state index < -0.39 is 0 Å². The van der Waals surface area contributed by atoms with Crippen molar-refractivity contribution in [1.29, 1.82) is 0 Å². The molecule has 2 bridgehead atoms. The normalized spacial score (nSPS) is 34.5. The van der Waals surface area contributed by atoms with E-state index in [0.29, 0.717) is 6.04 Å². The first-order valence-corrected chi connectivity index (χ1v) is 7.03. The van der Waals surface area contributed by atoms with E-state index in [2.05, 4.69) is 34.2 Å². The van der Waals surface area contributed by atoms with Crippen LogP contribution in [0.15, 0.2) is 21.2 Å². The van der Waals surface area contributed by atoms with Gasteiger partial charge in [0.1, 0.15) is 5.76 Å². The van der Waals surface area contributed by atoms with Crippen LogP contribution in [0.4, 0.5) is 0 Å². The molecule has 3 rings (SSSR count). The Balaban J connectivity index is 1.62. The van der Waals surface area contributed by atoms with Crippen molar-refractivity contribution in [2.75, 3.05) is 0 Å². The van der Waals surface area contributed by atoms with Crippen molar-refractivity contribution in [3.63, 3.8) is 0 Å². The summed E-state index contributed by atoms with van der Waals surface area (Å²) < 4.78 is 6.41. The van der Waals surface area contributed by atoms with Crippen LogP contribution in [0.2, 0.25) is 0 Å². The lowest BCUT2D eigenvalue weighted by Crippen LogP contribution is -2.35. The molecule has 0 spiro atoms. The monoisotopic (exact) mass is 283 g/mol. The third-order valence-corrected chi connectivity index (χ3v) is 4.65. The molecule has 4 atom stereocenters. The van der Waals surface area contributed by atoms with Crippen molar-refractivity contribution in [2.24, 2.45) is 11.8 Å². The van der Waals surface area contributed by atoms with E-state index in [9.17, 15) is 0 Å². The third-order valence-electron chi connectivity index (χ3n) is 4.22. The number of hydrogen-bond donors (Lipinski definition) is 1. The van der Waals surface area contributed by atoms with Crippen molar-refractivity contribution >= 4 is 15.9 Å². The topological polar surface area (TPSA) is 25.2 Å². The summed E-state index contributed by atoms with van der Waals surface area (Å²) in [5.41, 5.74) is 0. The molecular weight excluding hydrogens is 266 g/mol. The van der Waals surface area contributed by atoms with Crippen LogP contribution in [0, 0.1) is 11.8 Å². The van der Waals surface area contributed by atoms with Crippen molar-refractivity contribution < 1.29 is 4.42 Å². The van der Waals surface area contributed by atoms with E-state index in [4.69, 9.17) is 4.42 Å². The van der Waals surface area contributed by atoms with Crippen LogP contribution in [-0.2, 0) is 0 Å². The van der Waals surface area contributed by atoms with Crippen LogP contribution in [0.3, 0.4) is 0 Å². The van der Waals surface area contributed by atoms with Gasteiger partial charge in [-0.2, -0.15) is 0 Å². The van der Waals surface area contributed by atoms with Crippen LogP contribution >= 0.6 is 15.9 Å². The highest BCUT2D eigenvalue weighted by atomic mass is 79.9. The Morgan fingerprint density at radius 1 is 1.38 bits per heavy atom. The SMILES string of the molecule is CC(NC1CC2CCC1C2)c1ccc(Br)o1. The highest BCUT2D eigenvalue weighted by Crippen LogP contribution is 2.45. The summed E-state index contributed by atoms with van der Waals surface area (Å²) in [6.07, 6.45) is 5.71. The predicted octanol–water partition coefficient (Wildman–Crippen LogP) is 3.88. The van der Waals surface area contributed by atoms with E-state index in [1.54, 1.807) is 0 Å². The van der Waals surface area contributed by atoms with E-state index in [0.717, 1.165) is 28.3 Å². The molecule has 0 aromatic carbocycles. The van der Waals surface area contributed by atoms with Crippen LogP contribution in [0.5, 0.6) is 0 Å². The second-order valence-electron chi connectivity index (χ2n) is 5.31. The Hall–Kier alpha value is -0.280. The number of furan rings is 1. The molecule has 2 fully saturated rings. The van der Waals surface area contributed by atoms with Gasteiger partial charge in [-0.1, -0.05) is 6.42 Å². The summed E-state index contributed by atoms with van der Waals surface area (Å²) in [5, 5.41) is 3.73. The molecule has 3 heteroatoms. The van der Waals surface area contributed by atoms with Crippen molar-refractivity contribution in [3.05, 3.63) is 22.6 Å². The minimum Gasteiger partial charge on any atom is -0.453 e. The summed E-state index contributed by atoms with van der Waals surface area (Å²) in [5.74, 6) is 2.96. The first-order chi connectivity index (χ1) is 7.72. The van der Waals surface area contributed by atoms with Gasteiger partial charge in [0, 0.05) is 6.04 Å². The first-order valence-electron chi connectivity index (χ1n) is 6.23. The Kier molecular flexibility index (Phi) is 2.84. The molecule has 2 nitrogen and oxygen atoms in total. The predicted molar refractivity (Wildman–Crippen MR) is 67.2 cm³/mol. The Morgan fingerprint density at radius 2 is 2.25 bits per heavy atom. The van der Waals surface area contributed by atoms with E-state index >= 15 is 0 Å². The van der Waals surface area contributed by atoms with Gasteiger partial charge in [0.2, 0.25) is 0 Å². The largest absolute Gasteiger partial charge is 0.453 e. The molecule has 2 saturated carbocycles. The maximum atomic E-state index is 5.59. The molecule has 1 aromatic rings. The highest BCUT2D eigenvalue weighted by molar-refractivity contribution is 9.10. The minimum absolute atomic E-state index is 0.329. The summed E-state index contributed by atoms with van der Waals surface area (Å²) >= 11 is 3.35. The summed E-state index contributed by atoms with van der Waals surface area (Å²) in [4.78, 5) is 0. The number of hydrogen-bond acceptors (Lipinski definition) is 2. The molecule has 0 aliphatic heterocycles. The average Bonchev–Trinajstić information content (AvgIpc) is 2.92. The maximum Gasteiger partial charge on any atom is 0.169 e. The van der Waals surface area contributed by atoms with E-state index in [1.807, 2.05) is 6.07 Å². The number of nitrogens with one attached hydrogen (secondary N) is 1. The van der Waals surface area contributed by atoms with Gasteiger partial charge in [0.05, 0.1) is 6.04 Å². The number of rotatable bonds is 3. The van der Waals surface area contributed by atoms with Crippen LogP contribution in [0.1, 0.15) is 44.4 Å². The fraction of sp³-hybridized carbons (Fsp3) is 0.692. The summed E-state index contributed by atoms with van der Waals surface area (Å²) in [6.45, 7) is 2.19. The molecule has 2 aliphatic carbocycles. The lowest BCUT2D eigenvalue weighted by molar-refractivity contribution is 0.305. The van der Waals surface area contributed by atoms with E-state index in [-0.39, 0.29) is 0 Å². The Morgan fingerprint density at radius 3 is 2.81 bits per heavy atom. The van der Waals surface area contributed by atoms with Crippen molar-refractivity contribution in [1.82, 2.24) is 5.32 Å². The molecule has 2 aliphatic rings. The molecule has 1 N–H and O–H groups in total. The van der Waals surface area contributed by atoms with Gasteiger partial charge in [-0.05, 0) is 66.1 Å². The number of fused-ring (bicyclic) bond motifs is 2. The molecule has 1 aromatic heterocycles. The second-order valence-corrected chi connectivity index (χ2v) is 6.09. The van der Waals surface area contributed by atoms with Gasteiger partial charge in [0.15, 0.2) is 4.67 Å². The molecule has 0 radical (unpaired) electrons. The summed E-state index contributed by atoms with van der Waals surface area (Å²) in [6, 6.07) is 5.07. The molecule has 16 heavy (non-hydrogen) atoms. The van der Waals surface area contributed by atoms with Gasteiger partial charge in [-0.15, -0.1) is 0 Å². The quantitative estimate of drug-likeness (QED) is 0.911. The Bertz CT molecular complexity index is 376. The minimum atomic E-state index is 0.329. The van der Waals surface area contributed by atoms with Crippen LogP contribution in [0.25, 0.3) is 0 Å². The highest BCUT2D eigenvalue weighted by Gasteiger charge is 2.39. The zero-order valence-corrected chi connectivity index (χ0v) is 11.2. The van der Waals surface area contributed by atoms with Gasteiger partial charge < -0.3 is 9.73 Å². The van der Waals surface area contributed by atoms with Gasteiger partial charge in [-0.3, -0.25) is 0 Å². The van der Waals surface area contributed by atoms with Crippen LogP contribution in [-0.4, -0.2) is 6.04 Å². The molecule has 4 unspecified atom stereocenters. The number of halogens is 1. The smallest absolute Gasteiger partial charge is 0.169 e. The van der Waals surface area contributed by atoms with Crippen molar-refractivity contribution in [3.8, 4) is 0 Å². The van der Waals surface area contributed by atoms with E-state index in [1.165, 1.54) is 25.7 Å². The fourth-order valence-corrected chi connectivity index (χ4v) is 3.73. The standard InChI is InChI=1S/C13H18BrNO/c1-8(12-4-5-13(14)16-12)15-11-7-9-2-3-10(11)6-9/h4-5,8-11,15H,2-3,6-7H2,1H3. The lowest BCUT2D eigenvalue weighted by Gasteiger charge is -2.25. The van der Waals surface area contributed by atoms with Crippen molar-refractivity contribution in [2.45, 2.75) is 44.7 Å². The first kappa shape index (κ1) is 10.8. The van der Waals surface area contributed by atoms with Gasteiger partial charge in [-0.25, -0.2) is 0 Å². The average molecular weight is 284 g/mol. The fourth-order valence-electron chi connectivity index (χ4n) is 3.41.